The standard InChI is InChI=1S/C26H34F6N2O3.Li/c1-3-4-5-6-7-8-9-10-11-12-17-37-20-15-13-19(14-16-20)34-22(36)21(18-35)33-23(34)24(2,25(27,28)29)26(30,31)32;/h13-16,18,35H,3-12,17H2,1-2H3;/q;+1/p-1/b21-18+;. The van der Waals surface area contributed by atoms with Gasteiger partial charge in [0, 0.05) is 0 Å². The Morgan fingerprint density at radius 3 is 1.79 bits per heavy atom. The summed E-state index contributed by atoms with van der Waals surface area (Å²) in [6.07, 6.45) is -0.317. The average molecular weight is 542 g/mol. The fourth-order valence-corrected chi connectivity index (χ4v) is 3.96. The van der Waals surface area contributed by atoms with Gasteiger partial charge in [-0.1, -0.05) is 64.7 Å². The molecular weight excluding hydrogens is 509 g/mol. The van der Waals surface area contributed by atoms with Crippen LogP contribution in [0.3, 0.4) is 0 Å². The molecule has 2 rings (SSSR count). The van der Waals surface area contributed by atoms with Gasteiger partial charge in [-0.25, -0.2) is 4.99 Å². The van der Waals surface area contributed by atoms with E-state index in [1.54, 1.807) is 0 Å². The Morgan fingerprint density at radius 1 is 0.868 bits per heavy atom. The molecule has 0 saturated heterocycles. The Labute approximate surface area is 231 Å². The van der Waals surface area contributed by atoms with E-state index in [-0.39, 0.29) is 42.6 Å². The maximum absolute atomic E-state index is 13.6. The molecule has 0 N–H and O–H groups in total. The molecule has 0 unspecified atom stereocenters. The Kier molecular flexibility index (Phi) is 13.3. The van der Waals surface area contributed by atoms with Gasteiger partial charge in [0.2, 0.25) is 5.41 Å². The molecular formula is C26H33F6LiN2O3. The molecule has 1 aliphatic heterocycles. The Bertz CT molecular complexity index is 932. The molecule has 0 aromatic heterocycles. The van der Waals surface area contributed by atoms with Crippen LogP contribution in [0.25, 0.3) is 0 Å². The monoisotopic (exact) mass is 542 g/mol. The second-order valence-electron chi connectivity index (χ2n) is 9.22. The SMILES string of the molecule is CCCCCCCCCCCCOc1ccc(N2C(=O)/C(=C\[O-])N=C2C(C)(C(F)(F)F)C(F)(F)F)cc1.[Li+]. The third kappa shape index (κ3) is 8.19. The summed E-state index contributed by atoms with van der Waals surface area (Å²) in [5, 5.41) is 11.1. The number of carbonyl (C=O) groups excluding carboxylic acids is 1. The van der Waals surface area contributed by atoms with Crippen molar-refractivity contribution in [2.24, 2.45) is 10.4 Å². The average Bonchev–Trinajstić information content (AvgIpc) is 3.17. The van der Waals surface area contributed by atoms with Crippen molar-refractivity contribution in [1.82, 2.24) is 0 Å². The predicted octanol–water partition coefficient (Wildman–Crippen LogP) is 4.07. The topological polar surface area (TPSA) is 65.0 Å². The second-order valence-corrected chi connectivity index (χ2v) is 9.22. The summed E-state index contributed by atoms with van der Waals surface area (Å²) < 4.78 is 87.5. The Morgan fingerprint density at radius 2 is 1.34 bits per heavy atom. The summed E-state index contributed by atoms with van der Waals surface area (Å²) in [5.41, 5.74) is -5.83. The molecule has 5 nitrogen and oxygen atoms in total. The van der Waals surface area contributed by atoms with Crippen LogP contribution in [-0.2, 0) is 4.79 Å². The van der Waals surface area contributed by atoms with Gasteiger partial charge in [0.25, 0.3) is 5.91 Å². The van der Waals surface area contributed by atoms with Crippen molar-refractivity contribution in [3.8, 4) is 5.75 Å². The van der Waals surface area contributed by atoms with Gasteiger partial charge in [-0.05, 0) is 37.6 Å². The minimum Gasteiger partial charge on any atom is -0.876 e. The van der Waals surface area contributed by atoms with Gasteiger partial charge in [0.1, 0.15) is 17.3 Å². The fourth-order valence-electron chi connectivity index (χ4n) is 3.96. The summed E-state index contributed by atoms with van der Waals surface area (Å²) in [5.74, 6) is -2.65. The quantitative estimate of drug-likeness (QED) is 0.117. The van der Waals surface area contributed by atoms with Crippen LogP contribution >= 0.6 is 0 Å². The van der Waals surface area contributed by atoms with E-state index in [9.17, 15) is 36.2 Å². The van der Waals surface area contributed by atoms with Crippen molar-refractivity contribution in [2.75, 3.05) is 11.5 Å². The first-order valence-corrected chi connectivity index (χ1v) is 12.5. The minimum atomic E-state index is -5.83. The van der Waals surface area contributed by atoms with Crippen LogP contribution in [-0.4, -0.2) is 30.7 Å². The van der Waals surface area contributed by atoms with Crippen molar-refractivity contribution in [2.45, 2.75) is 90.4 Å². The molecule has 0 radical (unpaired) electrons. The summed E-state index contributed by atoms with van der Waals surface area (Å²) in [6.45, 7) is 2.47. The molecule has 0 bridgehead atoms. The first-order chi connectivity index (χ1) is 17.4. The molecule has 0 saturated carbocycles. The zero-order valence-corrected chi connectivity index (χ0v) is 22.1. The molecule has 0 aliphatic carbocycles. The largest absolute Gasteiger partial charge is 1.00 e. The summed E-state index contributed by atoms with van der Waals surface area (Å²) in [7, 11) is 0. The van der Waals surface area contributed by atoms with Crippen LogP contribution in [0.2, 0.25) is 0 Å². The second kappa shape index (κ2) is 14.9. The van der Waals surface area contributed by atoms with Crippen molar-refractivity contribution < 1.29 is 59.8 Å². The zero-order chi connectivity index (χ0) is 27.7. The van der Waals surface area contributed by atoms with Gasteiger partial charge in [-0.15, -0.1) is 6.26 Å². The molecule has 1 aromatic carbocycles. The van der Waals surface area contributed by atoms with E-state index in [1.807, 2.05) is 0 Å². The van der Waals surface area contributed by atoms with E-state index in [0.29, 0.717) is 12.4 Å². The predicted molar refractivity (Wildman–Crippen MR) is 127 cm³/mol. The maximum atomic E-state index is 13.6. The molecule has 1 heterocycles. The van der Waals surface area contributed by atoms with Gasteiger partial charge in [0.05, 0.1) is 12.3 Å². The summed E-state index contributed by atoms with van der Waals surface area (Å²) in [4.78, 5) is 15.8. The number of halogens is 6. The normalized spacial score (nSPS) is 15.6. The number of alkyl halides is 6. The number of nitrogens with zero attached hydrogens (tertiary/aromatic N) is 2. The van der Waals surface area contributed by atoms with Crippen LogP contribution in [0.5, 0.6) is 5.75 Å². The third-order valence-electron chi connectivity index (χ3n) is 6.41. The number of anilines is 1. The first kappa shape index (κ1) is 33.9. The third-order valence-corrected chi connectivity index (χ3v) is 6.41. The van der Waals surface area contributed by atoms with E-state index >= 15 is 0 Å². The fraction of sp³-hybridized carbons (Fsp3) is 0.615. The van der Waals surface area contributed by atoms with Crippen LogP contribution in [0.1, 0.15) is 78.1 Å². The van der Waals surface area contributed by atoms with Gasteiger partial charge in [0.15, 0.2) is 0 Å². The number of hydrogen-bond donors (Lipinski definition) is 0. The van der Waals surface area contributed by atoms with Crippen LogP contribution in [0, 0.1) is 5.41 Å². The number of benzene rings is 1. The molecule has 208 valence electrons. The van der Waals surface area contributed by atoms with Gasteiger partial charge < -0.3 is 9.84 Å². The van der Waals surface area contributed by atoms with Crippen molar-refractivity contribution in [3.63, 3.8) is 0 Å². The van der Waals surface area contributed by atoms with Crippen molar-refractivity contribution >= 4 is 17.4 Å². The maximum Gasteiger partial charge on any atom is 1.00 e. The zero-order valence-electron chi connectivity index (χ0n) is 22.1. The van der Waals surface area contributed by atoms with Gasteiger partial charge in [-0.2, -0.15) is 26.3 Å². The smallest absolute Gasteiger partial charge is 0.876 e. The van der Waals surface area contributed by atoms with Crippen LogP contribution in [0.15, 0.2) is 41.2 Å². The van der Waals surface area contributed by atoms with Crippen LogP contribution < -0.4 is 33.6 Å². The van der Waals surface area contributed by atoms with Crippen LogP contribution in [0.4, 0.5) is 32.0 Å². The van der Waals surface area contributed by atoms with Crippen molar-refractivity contribution in [1.29, 1.82) is 0 Å². The molecule has 1 amide bonds. The number of amides is 1. The Hall–Kier alpha value is -2.12. The molecule has 1 aliphatic rings. The molecule has 38 heavy (non-hydrogen) atoms. The van der Waals surface area contributed by atoms with Gasteiger partial charge >= 0.3 is 31.2 Å². The van der Waals surface area contributed by atoms with Gasteiger partial charge in [-0.3, -0.25) is 9.69 Å². The molecule has 0 fully saturated rings. The van der Waals surface area contributed by atoms with E-state index < -0.39 is 35.2 Å². The molecule has 0 atom stereocenters. The number of ether oxygens (including phenoxy) is 1. The van der Waals surface area contributed by atoms with E-state index in [1.165, 1.54) is 50.7 Å². The number of unbranched alkanes of at least 4 members (excludes halogenated alkanes) is 9. The minimum absolute atomic E-state index is 0. The first-order valence-electron chi connectivity index (χ1n) is 12.5. The van der Waals surface area contributed by atoms with E-state index in [2.05, 4.69) is 11.9 Å². The number of hydrogen-bond acceptors (Lipinski definition) is 4. The van der Waals surface area contributed by atoms with E-state index in [4.69, 9.17) is 4.74 Å². The summed E-state index contributed by atoms with van der Waals surface area (Å²) in [6, 6.07) is 4.99. The van der Waals surface area contributed by atoms with E-state index in [0.717, 1.165) is 37.8 Å². The number of aliphatic imine (C=N–C) groups is 1. The summed E-state index contributed by atoms with van der Waals surface area (Å²) >= 11 is 0. The number of carbonyl (C=O) groups is 1. The molecule has 12 heteroatoms. The molecule has 1 aromatic rings. The number of rotatable bonds is 14. The molecule has 0 spiro atoms. The number of amidine groups is 1. The Balaban J connectivity index is 0.00000722. The van der Waals surface area contributed by atoms with Crippen molar-refractivity contribution in [3.05, 3.63) is 36.2 Å².